The van der Waals surface area contributed by atoms with E-state index in [-0.39, 0.29) is 11.9 Å². The molecule has 0 saturated heterocycles. The first kappa shape index (κ1) is 21.5. The van der Waals surface area contributed by atoms with Gasteiger partial charge in [0, 0.05) is 11.7 Å². The maximum absolute atomic E-state index is 13.4. The quantitative estimate of drug-likeness (QED) is 0.441. The Morgan fingerprint density at radius 1 is 0.938 bits per heavy atom. The van der Waals surface area contributed by atoms with E-state index in [9.17, 15) is 4.79 Å². The van der Waals surface area contributed by atoms with Crippen LogP contribution in [0.1, 0.15) is 41.3 Å². The van der Waals surface area contributed by atoms with Gasteiger partial charge in [-0.15, -0.1) is 0 Å². The van der Waals surface area contributed by atoms with Gasteiger partial charge in [-0.05, 0) is 61.2 Å². The van der Waals surface area contributed by atoms with Crippen LogP contribution >= 0.6 is 0 Å². The van der Waals surface area contributed by atoms with E-state index < -0.39 is 6.04 Å². The highest BCUT2D eigenvalue weighted by Gasteiger charge is 2.23. The molecule has 0 unspecified atom stereocenters. The molecular formula is C26H27N5O. The highest BCUT2D eigenvalue weighted by atomic mass is 16.2. The van der Waals surface area contributed by atoms with Crippen molar-refractivity contribution < 1.29 is 4.79 Å². The second kappa shape index (κ2) is 9.58. The van der Waals surface area contributed by atoms with Gasteiger partial charge in [-0.1, -0.05) is 54.6 Å². The predicted octanol–water partition coefficient (Wildman–Crippen LogP) is 4.91. The second-order valence-corrected chi connectivity index (χ2v) is 7.97. The maximum Gasteiger partial charge on any atom is 0.246 e. The number of carbonyl (C=O) groups excluding carboxylic acids is 1. The minimum Gasteiger partial charge on any atom is -0.324 e. The zero-order valence-electron chi connectivity index (χ0n) is 18.5. The summed E-state index contributed by atoms with van der Waals surface area (Å²) < 4.78 is 1.71. The molecule has 1 amide bonds. The highest BCUT2D eigenvalue weighted by Crippen LogP contribution is 2.24. The SMILES string of the molecule is Cc1ccc(C)c(NC(=O)[C@@H](N[C@@H](C)c2ccc(-n3cncn3)cc2)c2ccccc2)c1. The monoisotopic (exact) mass is 425 g/mol. The number of nitrogens with zero attached hydrogens (tertiary/aromatic N) is 3. The van der Waals surface area contributed by atoms with Crippen molar-refractivity contribution in [2.24, 2.45) is 0 Å². The number of anilines is 1. The van der Waals surface area contributed by atoms with Gasteiger partial charge in [0.2, 0.25) is 5.91 Å². The number of nitrogens with one attached hydrogen (secondary N) is 2. The maximum atomic E-state index is 13.4. The van der Waals surface area contributed by atoms with Gasteiger partial charge >= 0.3 is 0 Å². The molecule has 0 fully saturated rings. The number of hydrogen-bond donors (Lipinski definition) is 2. The molecule has 1 heterocycles. The third-order valence-corrected chi connectivity index (χ3v) is 5.54. The molecular weight excluding hydrogens is 398 g/mol. The second-order valence-electron chi connectivity index (χ2n) is 7.97. The number of carbonyl (C=O) groups is 1. The molecule has 0 spiro atoms. The molecule has 32 heavy (non-hydrogen) atoms. The van der Waals surface area contributed by atoms with Gasteiger partial charge in [-0.3, -0.25) is 10.1 Å². The Morgan fingerprint density at radius 3 is 2.38 bits per heavy atom. The van der Waals surface area contributed by atoms with Crippen LogP contribution in [0.3, 0.4) is 0 Å². The first-order valence-electron chi connectivity index (χ1n) is 10.7. The van der Waals surface area contributed by atoms with Crippen LogP contribution in [0.25, 0.3) is 5.69 Å². The van der Waals surface area contributed by atoms with E-state index in [2.05, 4.69) is 27.6 Å². The van der Waals surface area contributed by atoms with Crippen molar-refractivity contribution >= 4 is 11.6 Å². The Kier molecular flexibility index (Phi) is 6.42. The summed E-state index contributed by atoms with van der Waals surface area (Å²) in [6.45, 7) is 6.08. The molecule has 162 valence electrons. The van der Waals surface area contributed by atoms with Gasteiger partial charge < -0.3 is 5.32 Å². The van der Waals surface area contributed by atoms with Gasteiger partial charge in [0.25, 0.3) is 0 Å². The largest absolute Gasteiger partial charge is 0.324 e. The third kappa shape index (κ3) is 4.92. The van der Waals surface area contributed by atoms with Crippen molar-refractivity contribution in [1.29, 1.82) is 0 Å². The number of aromatic nitrogens is 3. The summed E-state index contributed by atoms with van der Waals surface area (Å²) in [5.41, 5.74) is 5.91. The molecule has 6 nitrogen and oxygen atoms in total. The smallest absolute Gasteiger partial charge is 0.246 e. The minimum absolute atomic E-state index is 0.0469. The van der Waals surface area contributed by atoms with Crippen molar-refractivity contribution in [3.63, 3.8) is 0 Å². The Hall–Kier alpha value is -3.77. The average molecular weight is 426 g/mol. The first-order valence-corrected chi connectivity index (χ1v) is 10.7. The van der Waals surface area contributed by atoms with Gasteiger partial charge in [-0.25, -0.2) is 9.67 Å². The van der Waals surface area contributed by atoms with Crippen molar-refractivity contribution in [3.8, 4) is 5.69 Å². The van der Waals surface area contributed by atoms with Crippen molar-refractivity contribution in [2.75, 3.05) is 5.32 Å². The van der Waals surface area contributed by atoms with Crippen LogP contribution in [0.4, 0.5) is 5.69 Å². The molecule has 1 aromatic heterocycles. The Bertz CT molecular complexity index is 1170. The van der Waals surface area contributed by atoms with E-state index >= 15 is 0 Å². The van der Waals surface area contributed by atoms with Gasteiger partial charge in [0.15, 0.2) is 0 Å². The molecule has 0 bridgehead atoms. The van der Waals surface area contributed by atoms with E-state index in [4.69, 9.17) is 0 Å². The summed E-state index contributed by atoms with van der Waals surface area (Å²) in [7, 11) is 0. The van der Waals surface area contributed by atoms with Crippen LogP contribution < -0.4 is 10.6 Å². The van der Waals surface area contributed by atoms with Crippen LogP contribution in [-0.4, -0.2) is 20.7 Å². The summed E-state index contributed by atoms with van der Waals surface area (Å²) in [5, 5.41) is 10.8. The zero-order chi connectivity index (χ0) is 22.5. The lowest BCUT2D eigenvalue weighted by atomic mass is 10.0. The van der Waals surface area contributed by atoms with Crippen LogP contribution in [0.2, 0.25) is 0 Å². The highest BCUT2D eigenvalue weighted by molar-refractivity contribution is 5.96. The fourth-order valence-corrected chi connectivity index (χ4v) is 3.65. The van der Waals surface area contributed by atoms with Crippen molar-refractivity contribution in [2.45, 2.75) is 32.9 Å². The predicted molar refractivity (Wildman–Crippen MR) is 127 cm³/mol. The summed E-state index contributed by atoms with van der Waals surface area (Å²) in [6, 6.07) is 23.4. The normalized spacial score (nSPS) is 12.8. The van der Waals surface area contributed by atoms with E-state index in [0.29, 0.717) is 0 Å². The van der Waals surface area contributed by atoms with Crippen LogP contribution in [-0.2, 0) is 4.79 Å². The molecule has 4 rings (SSSR count). The van der Waals surface area contributed by atoms with E-state index in [1.165, 1.54) is 6.33 Å². The van der Waals surface area contributed by atoms with E-state index in [1.807, 2.05) is 86.6 Å². The molecule has 6 heteroatoms. The lowest BCUT2D eigenvalue weighted by Gasteiger charge is -2.24. The summed E-state index contributed by atoms with van der Waals surface area (Å²) in [5.74, 6) is -0.0871. The molecule has 3 aromatic carbocycles. The van der Waals surface area contributed by atoms with Crippen LogP contribution in [0.5, 0.6) is 0 Å². The van der Waals surface area contributed by atoms with E-state index in [0.717, 1.165) is 33.6 Å². The fraction of sp³-hybridized carbons (Fsp3) is 0.192. The molecule has 2 atom stereocenters. The van der Waals surface area contributed by atoms with Crippen molar-refractivity contribution in [3.05, 3.63) is 108 Å². The molecule has 4 aromatic rings. The average Bonchev–Trinajstić information content (AvgIpc) is 3.35. The number of hydrogen-bond acceptors (Lipinski definition) is 4. The Labute approximate surface area is 188 Å². The number of rotatable bonds is 7. The number of aryl methyl sites for hydroxylation is 2. The third-order valence-electron chi connectivity index (χ3n) is 5.54. The lowest BCUT2D eigenvalue weighted by Crippen LogP contribution is -2.34. The topological polar surface area (TPSA) is 71.8 Å². The lowest BCUT2D eigenvalue weighted by molar-refractivity contribution is -0.118. The number of amides is 1. The molecule has 2 N–H and O–H groups in total. The van der Waals surface area contributed by atoms with Crippen molar-refractivity contribution in [1.82, 2.24) is 20.1 Å². The summed E-state index contributed by atoms with van der Waals surface area (Å²) in [6.07, 6.45) is 3.18. The minimum atomic E-state index is -0.499. The summed E-state index contributed by atoms with van der Waals surface area (Å²) >= 11 is 0. The number of benzene rings is 3. The molecule has 0 saturated carbocycles. The Morgan fingerprint density at radius 2 is 1.69 bits per heavy atom. The molecule has 0 aliphatic heterocycles. The fourth-order valence-electron chi connectivity index (χ4n) is 3.65. The standard InChI is InChI=1S/C26H27N5O/c1-18-9-10-19(2)24(15-18)30-26(32)25(22-7-5-4-6-8-22)29-20(3)21-11-13-23(14-12-21)31-17-27-16-28-31/h4-17,20,25,29H,1-3H3,(H,30,32)/t20-,25-/m0/s1. The van der Waals surface area contributed by atoms with Crippen LogP contribution in [0, 0.1) is 13.8 Å². The zero-order valence-corrected chi connectivity index (χ0v) is 18.5. The first-order chi connectivity index (χ1) is 15.5. The van der Waals surface area contributed by atoms with Crippen LogP contribution in [0.15, 0.2) is 85.5 Å². The van der Waals surface area contributed by atoms with Gasteiger partial charge in [0.1, 0.15) is 18.7 Å². The molecule has 0 aliphatic rings. The summed E-state index contributed by atoms with van der Waals surface area (Å²) in [4.78, 5) is 17.4. The van der Waals surface area contributed by atoms with E-state index in [1.54, 1.807) is 11.0 Å². The van der Waals surface area contributed by atoms with Gasteiger partial charge in [0.05, 0.1) is 5.69 Å². The van der Waals surface area contributed by atoms with Gasteiger partial charge in [-0.2, -0.15) is 5.10 Å². The Balaban J connectivity index is 1.55. The molecule has 0 radical (unpaired) electrons. The molecule has 0 aliphatic carbocycles.